The van der Waals surface area contributed by atoms with Gasteiger partial charge in [0.1, 0.15) is 5.01 Å². The molecule has 0 aromatic carbocycles. The van der Waals surface area contributed by atoms with Crippen molar-refractivity contribution in [1.29, 1.82) is 0 Å². The lowest BCUT2D eigenvalue weighted by molar-refractivity contribution is 0.0991. The first-order chi connectivity index (χ1) is 9.99. The van der Waals surface area contributed by atoms with Crippen molar-refractivity contribution in [3.63, 3.8) is 0 Å². The quantitative estimate of drug-likeness (QED) is 0.851. The van der Waals surface area contributed by atoms with E-state index in [1.165, 1.54) is 30.5 Å². The van der Waals surface area contributed by atoms with E-state index in [0.29, 0.717) is 11.0 Å². The summed E-state index contributed by atoms with van der Waals surface area (Å²) in [5.74, 6) is -0.206. The summed E-state index contributed by atoms with van der Waals surface area (Å²) in [4.78, 5) is 12.0. The third-order valence-corrected chi connectivity index (χ3v) is 5.21. The number of hydrogen-bond acceptors (Lipinski definition) is 7. The lowest BCUT2D eigenvalue weighted by atomic mass is 10.4. The molecule has 0 unspecified atom stereocenters. The molecule has 3 rings (SSSR count). The smallest absolute Gasteiger partial charge is 0.293 e. The summed E-state index contributed by atoms with van der Waals surface area (Å²) in [6.07, 6.45) is 2.21. The van der Waals surface area contributed by atoms with Gasteiger partial charge in [-0.25, -0.2) is 13.1 Å². The molecule has 112 valence electrons. The summed E-state index contributed by atoms with van der Waals surface area (Å²) in [5, 5.41) is 11.4. The van der Waals surface area contributed by atoms with Gasteiger partial charge >= 0.3 is 0 Å². The van der Waals surface area contributed by atoms with Gasteiger partial charge in [-0.05, 0) is 32.0 Å². The first-order valence-corrected chi connectivity index (χ1v) is 8.47. The highest BCUT2D eigenvalue weighted by Gasteiger charge is 2.28. The Hall–Kier alpha value is -1.78. The second-order valence-corrected chi connectivity index (χ2v) is 7.33. The molecule has 2 aromatic rings. The number of nitrogens with zero attached hydrogens (tertiary/aromatic N) is 2. The summed E-state index contributed by atoms with van der Waals surface area (Å²) in [6, 6.07) is 2.51. The van der Waals surface area contributed by atoms with E-state index >= 15 is 0 Å². The SMILES string of the molecule is CNS(=O)(=O)c1ccc(C(=O)Nc2nnc(C3CC3)s2)o1. The van der Waals surface area contributed by atoms with Gasteiger partial charge in [0.15, 0.2) is 5.76 Å². The van der Waals surface area contributed by atoms with E-state index in [4.69, 9.17) is 4.42 Å². The molecule has 0 spiro atoms. The van der Waals surface area contributed by atoms with Gasteiger partial charge in [-0.3, -0.25) is 10.1 Å². The van der Waals surface area contributed by atoms with Crippen LogP contribution < -0.4 is 10.0 Å². The molecule has 21 heavy (non-hydrogen) atoms. The van der Waals surface area contributed by atoms with Crippen molar-refractivity contribution in [2.45, 2.75) is 23.9 Å². The molecular weight excluding hydrogens is 316 g/mol. The van der Waals surface area contributed by atoms with Gasteiger partial charge in [-0.15, -0.1) is 10.2 Å². The molecular formula is C11H12N4O4S2. The molecule has 1 amide bonds. The first kappa shape index (κ1) is 14.2. The van der Waals surface area contributed by atoms with Crippen molar-refractivity contribution in [1.82, 2.24) is 14.9 Å². The minimum absolute atomic E-state index is 0.105. The van der Waals surface area contributed by atoms with E-state index in [2.05, 4.69) is 20.2 Å². The zero-order valence-electron chi connectivity index (χ0n) is 11.0. The molecule has 1 saturated carbocycles. The second kappa shape index (κ2) is 5.20. The maximum absolute atomic E-state index is 12.0. The molecule has 0 atom stereocenters. The monoisotopic (exact) mass is 328 g/mol. The average molecular weight is 328 g/mol. The summed E-state index contributed by atoms with van der Waals surface area (Å²) in [6.45, 7) is 0. The molecule has 1 fully saturated rings. The Morgan fingerprint density at radius 2 is 2.14 bits per heavy atom. The van der Waals surface area contributed by atoms with Crippen molar-refractivity contribution in [2.75, 3.05) is 12.4 Å². The number of amides is 1. The van der Waals surface area contributed by atoms with Crippen LogP contribution in [0.15, 0.2) is 21.6 Å². The van der Waals surface area contributed by atoms with Gasteiger partial charge in [0.2, 0.25) is 10.2 Å². The number of rotatable bonds is 5. The molecule has 1 aliphatic rings. The number of nitrogens with one attached hydrogen (secondary N) is 2. The Morgan fingerprint density at radius 1 is 1.38 bits per heavy atom. The van der Waals surface area contributed by atoms with Gasteiger partial charge in [0.05, 0.1) is 0 Å². The van der Waals surface area contributed by atoms with Crippen LogP contribution in [0.5, 0.6) is 0 Å². The molecule has 10 heteroatoms. The predicted octanol–water partition coefficient (Wildman–Crippen LogP) is 1.17. The van der Waals surface area contributed by atoms with Gasteiger partial charge < -0.3 is 4.42 Å². The molecule has 8 nitrogen and oxygen atoms in total. The van der Waals surface area contributed by atoms with E-state index in [-0.39, 0.29) is 10.9 Å². The van der Waals surface area contributed by atoms with E-state index in [9.17, 15) is 13.2 Å². The highest BCUT2D eigenvalue weighted by Crippen LogP contribution is 2.42. The van der Waals surface area contributed by atoms with Crippen molar-refractivity contribution < 1.29 is 17.6 Å². The van der Waals surface area contributed by atoms with Crippen molar-refractivity contribution in [3.05, 3.63) is 22.9 Å². The third kappa shape index (κ3) is 2.96. The minimum atomic E-state index is -3.70. The lowest BCUT2D eigenvalue weighted by Gasteiger charge is -1.98. The number of furan rings is 1. The zero-order valence-corrected chi connectivity index (χ0v) is 12.6. The van der Waals surface area contributed by atoms with Crippen molar-refractivity contribution >= 4 is 32.4 Å². The topological polar surface area (TPSA) is 114 Å². The van der Waals surface area contributed by atoms with Crippen LogP contribution >= 0.6 is 11.3 Å². The number of carbonyl (C=O) groups excluding carboxylic acids is 1. The Labute approximate surface area is 124 Å². The lowest BCUT2D eigenvalue weighted by Crippen LogP contribution is -2.18. The fraction of sp³-hybridized carbons (Fsp3) is 0.364. The van der Waals surface area contributed by atoms with Crippen LogP contribution in [-0.2, 0) is 10.0 Å². The summed E-state index contributed by atoms with van der Waals surface area (Å²) in [7, 11) is -2.44. The molecule has 0 bridgehead atoms. The molecule has 2 heterocycles. The van der Waals surface area contributed by atoms with Crippen LogP contribution in [0.25, 0.3) is 0 Å². The van der Waals surface area contributed by atoms with Gasteiger partial charge in [0, 0.05) is 5.92 Å². The standard InChI is InChI=1S/C11H12N4O4S2/c1-12-21(17,18)8-5-4-7(19-8)9(16)13-11-15-14-10(20-11)6-2-3-6/h4-6,12H,2-3H2,1H3,(H,13,15,16). The highest BCUT2D eigenvalue weighted by molar-refractivity contribution is 7.89. The predicted molar refractivity (Wildman–Crippen MR) is 74.8 cm³/mol. The molecule has 0 radical (unpaired) electrons. The minimum Gasteiger partial charge on any atom is -0.438 e. The third-order valence-electron chi connectivity index (χ3n) is 2.93. The number of aromatic nitrogens is 2. The molecule has 2 aromatic heterocycles. The van der Waals surface area contributed by atoms with Crippen molar-refractivity contribution in [3.8, 4) is 0 Å². The van der Waals surface area contributed by atoms with Gasteiger partial charge in [0.25, 0.3) is 15.9 Å². The maximum Gasteiger partial charge on any atom is 0.293 e. The fourth-order valence-corrected chi connectivity index (χ4v) is 3.18. The van der Waals surface area contributed by atoms with Crippen LogP contribution in [0, 0.1) is 0 Å². The number of carbonyl (C=O) groups is 1. The maximum atomic E-state index is 12.0. The number of hydrogen-bond donors (Lipinski definition) is 2. The van der Waals surface area contributed by atoms with Crippen LogP contribution in [0.2, 0.25) is 0 Å². The highest BCUT2D eigenvalue weighted by atomic mass is 32.2. The Morgan fingerprint density at radius 3 is 2.81 bits per heavy atom. The van der Waals surface area contributed by atoms with E-state index < -0.39 is 15.9 Å². The van der Waals surface area contributed by atoms with E-state index in [1.807, 2.05) is 0 Å². The van der Waals surface area contributed by atoms with Crippen LogP contribution in [-0.4, -0.2) is 31.6 Å². The van der Waals surface area contributed by atoms with Gasteiger partial charge in [-0.2, -0.15) is 0 Å². The molecule has 1 aliphatic carbocycles. The number of sulfonamides is 1. The summed E-state index contributed by atoms with van der Waals surface area (Å²) >= 11 is 1.32. The normalized spacial score (nSPS) is 15.1. The zero-order chi connectivity index (χ0) is 15.0. The van der Waals surface area contributed by atoms with Gasteiger partial charge in [-0.1, -0.05) is 11.3 Å². The number of anilines is 1. The van der Waals surface area contributed by atoms with Crippen LogP contribution in [0.4, 0.5) is 5.13 Å². The largest absolute Gasteiger partial charge is 0.438 e. The Balaban J connectivity index is 1.72. The van der Waals surface area contributed by atoms with Crippen LogP contribution in [0.1, 0.15) is 34.3 Å². The summed E-state index contributed by atoms with van der Waals surface area (Å²) < 4.78 is 30.2. The van der Waals surface area contributed by atoms with E-state index in [1.54, 1.807) is 0 Å². The van der Waals surface area contributed by atoms with Crippen molar-refractivity contribution in [2.24, 2.45) is 0 Å². The molecule has 0 aliphatic heterocycles. The second-order valence-electron chi connectivity index (χ2n) is 4.50. The molecule has 2 N–H and O–H groups in total. The molecule has 0 saturated heterocycles. The fourth-order valence-electron chi connectivity index (χ4n) is 1.63. The Kier molecular flexibility index (Phi) is 3.51. The first-order valence-electron chi connectivity index (χ1n) is 6.18. The Bertz CT molecular complexity index is 776. The van der Waals surface area contributed by atoms with E-state index in [0.717, 1.165) is 17.8 Å². The average Bonchev–Trinajstić information content (AvgIpc) is 3.01. The van der Waals surface area contributed by atoms with Crippen LogP contribution in [0.3, 0.4) is 0 Å². The summed E-state index contributed by atoms with van der Waals surface area (Å²) in [5.41, 5.74) is 0.